The number of hydrogen-bond acceptors (Lipinski definition) is 5. The lowest BCUT2D eigenvalue weighted by atomic mass is 10.0. The van der Waals surface area contributed by atoms with Crippen LogP contribution in [0.2, 0.25) is 0 Å². The number of nitrogens with zero attached hydrogens (tertiary/aromatic N) is 1. The van der Waals surface area contributed by atoms with E-state index in [1.165, 1.54) is 0 Å². The van der Waals surface area contributed by atoms with Gasteiger partial charge < -0.3 is 14.8 Å². The lowest BCUT2D eigenvalue weighted by molar-refractivity contribution is -0.115. The molecule has 1 fully saturated rings. The first-order chi connectivity index (χ1) is 14.5. The van der Waals surface area contributed by atoms with E-state index >= 15 is 0 Å². The zero-order valence-corrected chi connectivity index (χ0v) is 16.5. The fourth-order valence-electron chi connectivity index (χ4n) is 3.05. The molecule has 152 valence electrons. The fourth-order valence-corrected chi connectivity index (χ4v) is 3.05. The third-order valence-electron chi connectivity index (χ3n) is 4.36. The molecule has 1 aliphatic heterocycles. The summed E-state index contributed by atoms with van der Waals surface area (Å²) in [5.41, 5.74) is 2.95. The highest BCUT2D eigenvalue weighted by molar-refractivity contribution is 6.14. The lowest BCUT2D eigenvalue weighted by Crippen LogP contribution is -2.22. The van der Waals surface area contributed by atoms with Gasteiger partial charge in [-0.15, -0.1) is 6.58 Å². The molecule has 1 saturated heterocycles. The van der Waals surface area contributed by atoms with E-state index in [2.05, 4.69) is 23.3 Å². The lowest BCUT2D eigenvalue weighted by Gasteiger charge is -2.17. The van der Waals surface area contributed by atoms with Crippen molar-refractivity contribution in [3.8, 4) is 17.6 Å². The summed E-state index contributed by atoms with van der Waals surface area (Å²) in [6.45, 7) is 6.27. The third kappa shape index (κ3) is 4.67. The molecule has 2 aromatic rings. The van der Waals surface area contributed by atoms with Crippen LogP contribution in [0.4, 0.5) is 4.79 Å². The molecule has 0 unspecified atom stereocenters. The molecule has 0 aliphatic carbocycles. The quantitative estimate of drug-likeness (QED) is 0.399. The molecule has 0 bridgehead atoms. The average Bonchev–Trinajstić information content (AvgIpc) is 3.04. The van der Waals surface area contributed by atoms with Crippen molar-refractivity contribution in [3.05, 3.63) is 77.0 Å². The maximum Gasteiger partial charge on any atom is 0.326 e. The number of allylic oxidation sites excluding steroid dienone is 1. The van der Waals surface area contributed by atoms with E-state index in [1.807, 2.05) is 25.1 Å². The maximum absolute atomic E-state index is 11.8. The summed E-state index contributed by atoms with van der Waals surface area (Å²) in [4.78, 5) is 23.2. The van der Waals surface area contributed by atoms with Crippen LogP contribution in [0.15, 0.2) is 54.8 Å². The van der Waals surface area contributed by atoms with Crippen LogP contribution < -0.4 is 20.1 Å². The highest BCUT2D eigenvalue weighted by Gasteiger charge is 2.23. The summed E-state index contributed by atoms with van der Waals surface area (Å²) in [5, 5.41) is 13.9. The number of benzene rings is 2. The molecule has 1 aliphatic rings. The average molecular weight is 403 g/mol. The van der Waals surface area contributed by atoms with Crippen molar-refractivity contribution in [1.29, 1.82) is 5.26 Å². The molecule has 0 saturated carbocycles. The van der Waals surface area contributed by atoms with Crippen molar-refractivity contribution in [3.63, 3.8) is 0 Å². The molecular weight excluding hydrogens is 382 g/mol. The Morgan fingerprint density at radius 1 is 1.13 bits per heavy atom. The van der Waals surface area contributed by atoms with E-state index in [0.717, 1.165) is 11.1 Å². The molecule has 0 aromatic heterocycles. The molecule has 30 heavy (non-hydrogen) atoms. The number of nitriles is 1. The van der Waals surface area contributed by atoms with E-state index in [9.17, 15) is 14.9 Å². The Labute approximate surface area is 174 Å². The number of urea groups is 1. The number of imide groups is 1. The van der Waals surface area contributed by atoms with E-state index in [1.54, 1.807) is 30.4 Å². The zero-order chi connectivity index (χ0) is 21.5. The van der Waals surface area contributed by atoms with Gasteiger partial charge in [0.2, 0.25) is 0 Å². The summed E-state index contributed by atoms with van der Waals surface area (Å²) in [7, 11) is 0. The van der Waals surface area contributed by atoms with Crippen LogP contribution in [0.5, 0.6) is 11.5 Å². The predicted molar refractivity (Wildman–Crippen MR) is 112 cm³/mol. The minimum Gasteiger partial charge on any atom is -0.490 e. The zero-order valence-electron chi connectivity index (χ0n) is 16.5. The number of amides is 3. The van der Waals surface area contributed by atoms with Crippen molar-refractivity contribution >= 4 is 18.0 Å². The Morgan fingerprint density at radius 3 is 2.60 bits per heavy atom. The van der Waals surface area contributed by atoms with E-state index in [-0.39, 0.29) is 12.3 Å². The highest BCUT2D eigenvalue weighted by atomic mass is 16.5. The van der Waals surface area contributed by atoms with Gasteiger partial charge in [-0.3, -0.25) is 10.1 Å². The first-order valence-electron chi connectivity index (χ1n) is 9.41. The van der Waals surface area contributed by atoms with Crippen LogP contribution in [-0.4, -0.2) is 18.5 Å². The summed E-state index contributed by atoms with van der Waals surface area (Å²) < 4.78 is 11.9. The minimum absolute atomic E-state index is 0.156. The fraction of sp³-hybridized carbons (Fsp3) is 0.174. The van der Waals surface area contributed by atoms with Gasteiger partial charge in [0.25, 0.3) is 5.91 Å². The first-order valence-corrected chi connectivity index (χ1v) is 9.41. The summed E-state index contributed by atoms with van der Waals surface area (Å²) in [6, 6.07) is 12.4. The Hall–Kier alpha value is -4.05. The van der Waals surface area contributed by atoms with Gasteiger partial charge in [-0.25, -0.2) is 4.79 Å². The highest BCUT2D eigenvalue weighted by Crippen LogP contribution is 2.35. The van der Waals surface area contributed by atoms with Gasteiger partial charge in [0.15, 0.2) is 11.5 Å². The third-order valence-corrected chi connectivity index (χ3v) is 4.36. The van der Waals surface area contributed by atoms with Crippen molar-refractivity contribution in [1.82, 2.24) is 10.6 Å². The van der Waals surface area contributed by atoms with E-state index in [4.69, 9.17) is 9.47 Å². The van der Waals surface area contributed by atoms with Crippen LogP contribution in [0.3, 0.4) is 0 Å². The second-order valence-corrected chi connectivity index (χ2v) is 6.46. The Bertz CT molecular complexity index is 1070. The molecule has 0 radical (unpaired) electrons. The monoisotopic (exact) mass is 403 g/mol. The first kappa shape index (κ1) is 20.7. The molecule has 7 nitrogen and oxygen atoms in total. The van der Waals surface area contributed by atoms with Crippen LogP contribution in [0.25, 0.3) is 6.08 Å². The Morgan fingerprint density at radius 2 is 1.93 bits per heavy atom. The summed E-state index contributed by atoms with van der Waals surface area (Å²) >= 11 is 0. The Kier molecular flexibility index (Phi) is 6.50. The number of rotatable bonds is 8. The van der Waals surface area contributed by atoms with Crippen molar-refractivity contribution in [2.24, 2.45) is 0 Å². The van der Waals surface area contributed by atoms with Crippen molar-refractivity contribution in [2.75, 3.05) is 6.61 Å². The molecule has 2 aromatic carbocycles. The van der Waals surface area contributed by atoms with Gasteiger partial charge in [0.1, 0.15) is 12.3 Å². The van der Waals surface area contributed by atoms with Gasteiger partial charge >= 0.3 is 6.03 Å². The molecule has 7 heteroatoms. The number of carbonyl (C=O) groups excluding carboxylic acids is 2. The van der Waals surface area contributed by atoms with E-state index in [0.29, 0.717) is 35.7 Å². The largest absolute Gasteiger partial charge is 0.490 e. The number of nitrogens with one attached hydrogen (secondary N) is 2. The van der Waals surface area contributed by atoms with Crippen LogP contribution in [-0.2, 0) is 17.8 Å². The molecule has 3 rings (SSSR count). The van der Waals surface area contributed by atoms with Gasteiger partial charge in [0, 0.05) is 11.1 Å². The van der Waals surface area contributed by atoms with Gasteiger partial charge in [-0.1, -0.05) is 24.3 Å². The maximum atomic E-state index is 11.8. The molecule has 3 amide bonds. The smallest absolute Gasteiger partial charge is 0.326 e. The second kappa shape index (κ2) is 9.43. The normalized spacial score (nSPS) is 14.1. The summed E-state index contributed by atoms with van der Waals surface area (Å²) in [6.07, 6.45) is 3.82. The molecule has 1 heterocycles. The van der Waals surface area contributed by atoms with Crippen molar-refractivity contribution in [2.45, 2.75) is 20.0 Å². The van der Waals surface area contributed by atoms with Gasteiger partial charge in [0.05, 0.1) is 18.2 Å². The van der Waals surface area contributed by atoms with E-state index < -0.39 is 11.9 Å². The van der Waals surface area contributed by atoms with Crippen LogP contribution >= 0.6 is 0 Å². The van der Waals surface area contributed by atoms with Gasteiger partial charge in [-0.2, -0.15) is 5.26 Å². The molecule has 0 atom stereocenters. The summed E-state index contributed by atoms with van der Waals surface area (Å²) in [5.74, 6) is 0.561. The SMILES string of the molecule is C=CCc1cc(/C=C2/NC(=O)NC2=O)cc(OCC)c1OCc1ccccc1C#N. The minimum atomic E-state index is -0.557. The standard InChI is InChI=1S/C23H21N3O4/c1-3-7-16-10-15(11-19-22(27)26-23(28)25-19)12-20(29-4-2)21(16)30-14-18-9-6-5-8-17(18)13-24/h3,5-6,8-12H,1,4,7,14H2,2H3,(H2,25,26,27,28)/b19-11+. The van der Waals surface area contributed by atoms with Crippen molar-refractivity contribution < 1.29 is 19.1 Å². The van der Waals surface area contributed by atoms with Crippen LogP contribution in [0, 0.1) is 11.3 Å². The second-order valence-electron chi connectivity index (χ2n) is 6.46. The molecule has 0 spiro atoms. The van der Waals surface area contributed by atoms with Crippen LogP contribution in [0.1, 0.15) is 29.2 Å². The molecule has 2 N–H and O–H groups in total. The topological polar surface area (TPSA) is 100 Å². The number of carbonyl (C=O) groups is 2. The van der Waals surface area contributed by atoms with Gasteiger partial charge in [-0.05, 0) is 43.2 Å². The predicted octanol–water partition coefficient (Wildman–Crippen LogP) is 3.44. The molecular formula is C23H21N3O4. The number of ether oxygens (including phenoxy) is 2. The number of hydrogen-bond donors (Lipinski definition) is 2. The Balaban J connectivity index is 1.98.